The molecule has 2 aromatic heterocycles. The molecule has 3 aromatic carbocycles. The average molecular weight is 877 g/mol. The number of nitrogens with one attached hydrogen (secondary N) is 2. The van der Waals surface area contributed by atoms with Gasteiger partial charge in [-0.3, -0.25) is 29.0 Å². The van der Waals surface area contributed by atoms with Crippen molar-refractivity contribution in [1.29, 1.82) is 0 Å². The Morgan fingerprint density at radius 3 is 2.03 bits per heavy atom. The zero-order chi connectivity index (χ0) is 44.8. The van der Waals surface area contributed by atoms with Crippen LogP contribution in [-0.2, 0) is 33.7 Å². The van der Waals surface area contributed by atoms with E-state index in [1.165, 1.54) is 10.9 Å². The number of methoxy groups -OCH3 is 3. The van der Waals surface area contributed by atoms with Crippen molar-refractivity contribution >= 4 is 30.5 Å². The zero-order valence-corrected chi connectivity index (χ0v) is 37.6. The summed E-state index contributed by atoms with van der Waals surface area (Å²) >= 11 is 0. The molecular formula is C45H58FN6O9P. The molecule has 1 unspecified atom stereocenters. The van der Waals surface area contributed by atoms with E-state index < -0.39 is 49.2 Å². The maximum Gasteiger partial charge on any atom is 0.280 e. The molecule has 0 aliphatic carbocycles. The number of ether oxygens (including phenoxy) is 5. The number of carbonyl (C=O) groups excluding carboxylic acids is 1. The van der Waals surface area contributed by atoms with Crippen molar-refractivity contribution in [3.8, 4) is 11.5 Å². The summed E-state index contributed by atoms with van der Waals surface area (Å²) in [5.41, 5.74) is 0.123. The maximum atomic E-state index is 17.7. The highest BCUT2D eigenvalue weighted by Gasteiger charge is 2.53. The van der Waals surface area contributed by atoms with Crippen LogP contribution in [0.3, 0.4) is 0 Å². The zero-order valence-electron chi connectivity index (χ0n) is 36.7. The summed E-state index contributed by atoms with van der Waals surface area (Å²) in [6.07, 6.45) is -4.40. The van der Waals surface area contributed by atoms with Crippen LogP contribution in [0.4, 0.5) is 10.3 Å². The van der Waals surface area contributed by atoms with Gasteiger partial charge in [-0.15, -0.1) is 0 Å². The van der Waals surface area contributed by atoms with E-state index in [0.717, 1.165) is 16.7 Å². The predicted octanol–water partition coefficient (Wildman–Crippen LogP) is 7.71. The quantitative estimate of drug-likeness (QED) is 0.0445. The number of nitrogens with zero attached hydrogens (tertiary/aromatic N) is 4. The van der Waals surface area contributed by atoms with E-state index in [-0.39, 0.29) is 47.9 Å². The fourth-order valence-electron chi connectivity index (χ4n) is 8.01. The van der Waals surface area contributed by atoms with Gasteiger partial charge in [-0.05, 0) is 75.1 Å². The molecule has 334 valence electrons. The first-order valence-corrected chi connectivity index (χ1v) is 22.5. The first-order valence-electron chi connectivity index (χ1n) is 20.8. The molecule has 0 radical (unpaired) electrons. The minimum atomic E-state index is -3.84. The number of amides is 1. The van der Waals surface area contributed by atoms with Crippen molar-refractivity contribution in [1.82, 2.24) is 24.2 Å². The van der Waals surface area contributed by atoms with Gasteiger partial charge >= 0.3 is 0 Å². The number of benzene rings is 3. The van der Waals surface area contributed by atoms with Gasteiger partial charge in [0.05, 0.1) is 27.2 Å². The number of hydrogen-bond donors (Lipinski definition) is 2. The highest BCUT2D eigenvalue weighted by atomic mass is 31.2. The van der Waals surface area contributed by atoms with Crippen LogP contribution in [0.15, 0.2) is 90.0 Å². The number of halogens is 1. The highest BCUT2D eigenvalue weighted by Crippen LogP contribution is 2.57. The van der Waals surface area contributed by atoms with E-state index in [1.807, 2.05) is 107 Å². The number of fused-ring (bicyclic) bond motifs is 1. The Kier molecular flexibility index (Phi) is 15.0. The lowest BCUT2D eigenvalue weighted by molar-refractivity contribution is -0.118. The molecule has 2 N–H and O–H groups in total. The summed E-state index contributed by atoms with van der Waals surface area (Å²) in [5, 5.41) is 2.60. The summed E-state index contributed by atoms with van der Waals surface area (Å²) in [5.74, 6) is 0.337. The highest BCUT2D eigenvalue weighted by molar-refractivity contribution is 7.56. The van der Waals surface area contributed by atoms with Crippen molar-refractivity contribution < 1.29 is 42.0 Å². The Balaban J connectivity index is 1.50. The summed E-state index contributed by atoms with van der Waals surface area (Å²) in [6, 6.07) is 24.1. The second-order valence-corrected chi connectivity index (χ2v) is 18.4. The third-order valence-electron chi connectivity index (χ3n) is 10.9. The number of aromatic amines is 1. The van der Waals surface area contributed by atoms with E-state index >= 15 is 8.96 Å². The van der Waals surface area contributed by atoms with Gasteiger partial charge in [0.2, 0.25) is 11.9 Å². The van der Waals surface area contributed by atoms with Gasteiger partial charge in [-0.1, -0.05) is 68.4 Å². The summed E-state index contributed by atoms with van der Waals surface area (Å²) in [6.45, 7) is 11.1. The number of hydrogen-bond acceptors (Lipinski definition) is 11. The van der Waals surface area contributed by atoms with Crippen molar-refractivity contribution in [3.05, 3.63) is 112 Å². The van der Waals surface area contributed by atoms with Crippen LogP contribution in [0.2, 0.25) is 0 Å². The molecule has 1 aliphatic rings. The molecule has 6 rings (SSSR count). The van der Waals surface area contributed by atoms with E-state index in [4.69, 9.17) is 28.2 Å². The van der Waals surface area contributed by atoms with Crippen LogP contribution in [0.25, 0.3) is 11.2 Å². The molecule has 17 heteroatoms. The Labute approximate surface area is 361 Å². The summed E-state index contributed by atoms with van der Waals surface area (Å²) in [4.78, 5) is 37.1. The van der Waals surface area contributed by atoms with Crippen LogP contribution in [0, 0.1) is 5.92 Å². The molecular weight excluding hydrogens is 818 g/mol. The molecule has 5 atom stereocenters. The van der Waals surface area contributed by atoms with E-state index in [0.29, 0.717) is 24.5 Å². The molecule has 1 saturated heterocycles. The number of carbonyl (C=O) groups is 1. The molecule has 1 aliphatic heterocycles. The normalized spacial score (nSPS) is 19.1. The third-order valence-corrected chi connectivity index (χ3v) is 13.9. The lowest BCUT2D eigenvalue weighted by Crippen LogP contribution is -2.42. The minimum Gasteiger partial charge on any atom is -0.497 e. The molecule has 1 fully saturated rings. The number of aromatic nitrogens is 4. The van der Waals surface area contributed by atoms with E-state index in [2.05, 4.69) is 20.3 Å². The molecule has 62 heavy (non-hydrogen) atoms. The van der Waals surface area contributed by atoms with Crippen molar-refractivity contribution in [2.24, 2.45) is 5.92 Å². The van der Waals surface area contributed by atoms with Gasteiger partial charge in [0.25, 0.3) is 13.1 Å². The maximum absolute atomic E-state index is 17.7. The van der Waals surface area contributed by atoms with Crippen LogP contribution in [0.1, 0.15) is 70.9 Å². The van der Waals surface area contributed by atoms with Crippen molar-refractivity contribution in [3.63, 3.8) is 0 Å². The first-order chi connectivity index (χ1) is 29.7. The van der Waals surface area contributed by atoms with Crippen LogP contribution >= 0.6 is 7.52 Å². The minimum absolute atomic E-state index is 0.0369. The second kappa shape index (κ2) is 20.0. The standard InChI is InChI=1S/C45H58FN6O9P/c1-28(2)41(53)49-44-48-40-38(42(54)50-44)47-27-51(40)43-37(46)39(61-62(55,25-13-24-56-7)52(29(3)4)30(5)6)36(60-43)26-59-45(31-14-11-10-12-15-31,32-16-20-34(57-8)21-17-32)33-18-22-35(58-9)23-19-33/h10-12,14-23,27-30,36-37,39,43H,13,24-26H2,1-9H3,(H2,48,49,50,53,54)/t36-,37-,39-,43-,62?/m1/s1. The van der Waals surface area contributed by atoms with Crippen LogP contribution in [0.5, 0.6) is 11.5 Å². The Hall–Kier alpha value is -4.96. The van der Waals surface area contributed by atoms with Gasteiger partial charge in [-0.25, -0.2) is 14.0 Å². The van der Waals surface area contributed by atoms with Crippen LogP contribution in [-0.4, -0.2) is 101 Å². The fourth-order valence-corrected chi connectivity index (χ4v) is 11.0. The Morgan fingerprint density at radius 2 is 1.50 bits per heavy atom. The third kappa shape index (κ3) is 9.65. The van der Waals surface area contributed by atoms with Gasteiger partial charge < -0.3 is 28.2 Å². The average Bonchev–Trinajstić information content (AvgIpc) is 3.81. The van der Waals surface area contributed by atoms with Gasteiger partial charge in [-0.2, -0.15) is 4.98 Å². The number of rotatable bonds is 20. The summed E-state index contributed by atoms with van der Waals surface area (Å²) < 4.78 is 73.1. The molecule has 1 amide bonds. The number of anilines is 1. The van der Waals surface area contributed by atoms with E-state index in [1.54, 1.807) is 39.8 Å². The van der Waals surface area contributed by atoms with Crippen molar-refractivity contribution in [2.45, 2.75) is 90.3 Å². The summed E-state index contributed by atoms with van der Waals surface area (Å²) in [7, 11) is 0.904. The number of alkyl halides is 1. The topological polar surface area (TPSA) is 168 Å². The molecule has 0 saturated carbocycles. The molecule has 3 heterocycles. The molecule has 5 aromatic rings. The Morgan fingerprint density at radius 1 is 0.919 bits per heavy atom. The van der Waals surface area contributed by atoms with Crippen LogP contribution < -0.4 is 20.3 Å². The predicted molar refractivity (Wildman–Crippen MR) is 235 cm³/mol. The van der Waals surface area contributed by atoms with E-state index in [9.17, 15) is 9.59 Å². The second-order valence-electron chi connectivity index (χ2n) is 16.1. The van der Waals surface area contributed by atoms with Gasteiger partial charge in [0.1, 0.15) is 29.3 Å². The monoisotopic (exact) mass is 876 g/mol. The Bertz CT molecular complexity index is 2300. The smallest absolute Gasteiger partial charge is 0.280 e. The van der Waals surface area contributed by atoms with Gasteiger partial charge in [0.15, 0.2) is 23.6 Å². The van der Waals surface area contributed by atoms with Crippen molar-refractivity contribution in [2.75, 3.05) is 46.0 Å². The fraction of sp³-hybridized carbons (Fsp3) is 0.467. The largest absolute Gasteiger partial charge is 0.497 e. The number of H-pyrrole nitrogens is 1. The van der Waals surface area contributed by atoms with Gasteiger partial charge in [0, 0.05) is 37.9 Å². The lowest BCUT2D eigenvalue weighted by Gasteiger charge is -2.40. The molecule has 0 bridgehead atoms. The molecule has 15 nitrogen and oxygen atoms in total. The molecule has 0 spiro atoms. The number of imidazole rings is 1. The first kappa shape index (κ1) is 46.5. The SMILES string of the molecule is COCCCP(=O)(O[C@H]1[C@@H](F)[C@H](n2cnc3c(=O)[nH]c(NC(=O)C(C)C)nc32)O[C@@H]1COC(c1ccccc1)(c1ccc(OC)cc1)c1ccc(OC)cc1)N(C(C)C)C(C)C. The lowest BCUT2D eigenvalue weighted by atomic mass is 9.80.